The van der Waals surface area contributed by atoms with Crippen LogP contribution < -0.4 is 10.5 Å². The van der Waals surface area contributed by atoms with Gasteiger partial charge in [-0.05, 0) is 45.4 Å². The molecule has 0 aromatic heterocycles. The zero-order chi connectivity index (χ0) is 15.3. The van der Waals surface area contributed by atoms with E-state index in [1.807, 2.05) is 39.0 Å². The average molecular weight is 344 g/mol. The average Bonchev–Trinajstić information content (AvgIpc) is 2.39. The van der Waals surface area contributed by atoms with Crippen molar-refractivity contribution in [3.63, 3.8) is 0 Å². The van der Waals surface area contributed by atoms with Gasteiger partial charge in [-0.1, -0.05) is 15.9 Å². The normalized spacial score (nSPS) is 12.9. The van der Waals surface area contributed by atoms with Crippen LogP contribution in [0, 0.1) is 5.41 Å². The molecule has 0 aliphatic heterocycles. The molecule has 0 saturated heterocycles. The van der Waals surface area contributed by atoms with E-state index in [0.717, 1.165) is 15.8 Å². The van der Waals surface area contributed by atoms with Crippen molar-refractivity contribution in [3.8, 4) is 5.75 Å². The number of ether oxygens (including phenoxy) is 2. The Morgan fingerprint density at radius 2 is 2.10 bits per heavy atom. The third-order valence-corrected chi connectivity index (χ3v) is 3.63. The molecule has 0 aliphatic rings. The first kappa shape index (κ1) is 17.0. The van der Waals surface area contributed by atoms with Gasteiger partial charge in [-0.3, -0.25) is 4.79 Å². The number of nitrogens with two attached hydrogens (primary N) is 1. The molecular weight excluding hydrogens is 322 g/mol. The maximum atomic E-state index is 11.8. The SMILES string of the molecule is CCOc1ccc(Br)cc1C(N)CC(C)(C)C(=O)OC. The molecule has 0 fully saturated rings. The largest absolute Gasteiger partial charge is 0.494 e. The molecule has 20 heavy (non-hydrogen) atoms. The number of esters is 1. The molecule has 1 atom stereocenters. The molecule has 0 amide bonds. The first-order valence-corrected chi connectivity index (χ1v) is 7.37. The Morgan fingerprint density at radius 1 is 1.45 bits per heavy atom. The minimum absolute atomic E-state index is 0.263. The van der Waals surface area contributed by atoms with E-state index in [1.54, 1.807) is 0 Å². The Labute approximate surface area is 128 Å². The number of hydrogen-bond donors (Lipinski definition) is 1. The number of carbonyl (C=O) groups is 1. The molecule has 112 valence electrons. The molecule has 5 heteroatoms. The van der Waals surface area contributed by atoms with Gasteiger partial charge in [-0.2, -0.15) is 0 Å². The molecule has 1 rings (SSSR count). The van der Waals surface area contributed by atoms with E-state index in [0.29, 0.717) is 13.0 Å². The maximum Gasteiger partial charge on any atom is 0.311 e. The molecule has 1 aromatic carbocycles. The number of methoxy groups -OCH3 is 1. The van der Waals surface area contributed by atoms with Crippen LogP contribution in [0.5, 0.6) is 5.75 Å². The molecule has 1 unspecified atom stereocenters. The molecule has 0 heterocycles. The van der Waals surface area contributed by atoms with Crippen LogP contribution in [0.2, 0.25) is 0 Å². The number of hydrogen-bond acceptors (Lipinski definition) is 4. The van der Waals surface area contributed by atoms with E-state index >= 15 is 0 Å². The first-order chi connectivity index (χ1) is 9.31. The van der Waals surface area contributed by atoms with E-state index < -0.39 is 5.41 Å². The number of rotatable bonds is 6. The second-order valence-corrected chi connectivity index (χ2v) is 6.22. The highest BCUT2D eigenvalue weighted by molar-refractivity contribution is 9.10. The zero-order valence-electron chi connectivity index (χ0n) is 12.4. The fourth-order valence-electron chi connectivity index (χ4n) is 2.12. The van der Waals surface area contributed by atoms with Crippen LogP contribution in [0.15, 0.2) is 22.7 Å². The zero-order valence-corrected chi connectivity index (χ0v) is 14.0. The maximum absolute atomic E-state index is 11.8. The lowest BCUT2D eigenvalue weighted by Crippen LogP contribution is -2.30. The third kappa shape index (κ3) is 4.21. The molecule has 0 aliphatic carbocycles. The summed E-state index contributed by atoms with van der Waals surface area (Å²) in [5.41, 5.74) is 6.51. The molecule has 0 spiro atoms. The van der Waals surface area contributed by atoms with Crippen molar-refractivity contribution in [2.45, 2.75) is 33.2 Å². The lowest BCUT2D eigenvalue weighted by molar-refractivity contribution is -0.151. The van der Waals surface area contributed by atoms with Gasteiger partial charge >= 0.3 is 5.97 Å². The fourth-order valence-corrected chi connectivity index (χ4v) is 2.49. The van der Waals surface area contributed by atoms with Crippen molar-refractivity contribution in [2.24, 2.45) is 11.1 Å². The summed E-state index contributed by atoms with van der Waals surface area (Å²) in [5.74, 6) is 0.491. The van der Waals surface area contributed by atoms with Crippen molar-refractivity contribution < 1.29 is 14.3 Å². The Hall–Kier alpha value is -1.07. The highest BCUT2D eigenvalue weighted by Crippen LogP contribution is 2.35. The number of benzene rings is 1. The number of halogens is 1. The van der Waals surface area contributed by atoms with Gasteiger partial charge in [0.05, 0.1) is 19.1 Å². The first-order valence-electron chi connectivity index (χ1n) is 6.58. The van der Waals surface area contributed by atoms with Crippen LogP contribution >= 0.6 is 15.9 Å². The van der Waals surface area contributed by atoms with Gasteiger partial charge in [-0.25, -0.2) is 0 Å². The van der Waals surface area contributed by atoms with Crippen molar-refractivity contribution >= 4 is 21.9 Å². The molecule has 4 nitrogen and oxygen atoms in total. The quantitative estimate of drug-likeness (QED) is 0.803. The topological polar surface area (TPSA) is 61.5 Å². The van der Waals surface area contributed by atoms with Gasteiger partial charge in [0.2, 0.25) is 0 Å². The summed E-state index contributed by atoms with van der Waals surface area (Å²) in [5, 5.41) is 0. The van der Waals surface area contributed by atoms with Gasteiger partial charge in [0.25, 0.3) is 0 Å². The summed E-state index contributed by atoms with van der Waals surface area (Å²) in [7, 11) is 1.39. The molecule has 2 N–H and O–H groups in total. The lowest BCUT2D eigenvalue weighted by atomic mass is 9.83. The number of carbonyl (C=O) groups excluding carboxylic acids is 1. The highest BCUT2D eigenvalue weighted by atomic mass is 79.9. The smallest absolute Gasteiger partial charge is 0.311 e. The lowest BCUT2D eigenvalue weighted by Gasteiger charge is -2.26. The standard InChI is InChI=1S/C15H22BrNO3/c1-5-20-13-7-6-10(16)8-11(13)12(17)9-15(2,3)14(18)19-4/h6-8,12H,5,9,17H2,1-4H3. The molecule has 0 saturated carbocycles. The summed E-state index contributed by atoms with van der Waals surface area (Å²) < 4.78 is 11.3. The minimum Gasteiger partial charge on any atom is -0.494 e. The Morgan fingerprint density at radius 3 is 2.65 bits per heavy atom. The van der Waals surface area contributed by atoms with Gasteiger partial charge in [-0.15, -0.1) is 0 Å². The van der Waals surface area contributed by atoms with Crippen LogP contribution in [-0.4, -0.2) is 19.7 Å². The van der Waals surface area contributed by atoms with Crippen molar-refractivity contribution in [1.82, 2.24) is 0 Å². The summed E-state index contributed by atoms with van der Waals surface area (Å²) in [4.78, 5) is 11.8. The summed E-state index contributed by atoms with van der Waals surface area (Å²) in [6.07, 6.45) is 0.482. The predicted molar refractivity (Wildman–Crippen MR) is 82.7 cm³/mol. The van der Waals surface area contributed by atoms with Crippen molar-refractivity contribution in [2.75, 3.05) is 13.7 Å². The highest BCUT2D eigenvalue weighted by Gasteiger charge is 2.32. The van der Waals surface area contributed by atoms with Gasteiger partial charge in [0.15, 0.2) is 0 Å². The van der Waals surface area contributed by atoms with E-state index in [4.69, 9.17) is 15.2 Å². The van der Waals surface area contributed by atoms with Crippen molar-refractivity contribution in [1.29, 1.82) is 0 Å². The Balaban J connectivity index is 2.99. The van der Waals surface area contributed by atoms with Crippen LogP contribution in [0.25, 0.3) is 0 Å². The van der Waals surface area contributed by atoms with Crippen LogP contribution in [-0.2, 0) is 9.53 Å². The van der Waals surface area contributed by atoms with Gasteiger partial charge in [0.1, 0.15) is 5.75 Å². The summed E-state index contributed by atoms with van der Waals surface area (Å²) >= 11 is 3.44. The van der Waals surface area contributed by atoms with Crippen molar-refractivity contribution in [3.05, 3.63) is 28.2 Å². The predicted octanol–water partition coefficient (Wildman–Crippen LogP) is 3.44. The Kier molecular flexibility index (Phi) is 6.02. The Bertz CT molecular complexity index is 474. The van der Waals surface area contributed by atoms with Gasteiger partial charge < -0.3 is 15.2 Å². The fraction of sp³-hybridized carbons (Fsp3) is 0.533. The molecular formula is C15H22BrNO3. The minimum atomic E-state index is -0.639. The van der Waals surface area contributed by atoms with E-state index in [1.165, 1.54) is 7.11 Å². The van der Waals surface area contributed by atoms with Gasteiger partial charge in [0, 0.05) is 16.1 Å². The molecule has 0 bridgehead atoms. The van der Waals surface area contributed by atoms with Crippen LogP contribution in [0.4, 0.5) is 0 Å². The van der Waals surface area contributed by atoms with E-state index in [2.05, 4.69) is 15.9 Å². The second-order valence-electron chi connectivity index (χ2n) is 5.30. The van der Waals surface area contributed by atoms with Crippen LogP contribution in [0.1, 0.15) is 38.8 Å². The molecule has 0 radical (unpaired) electrons. The van der Waals surface area contributed by atoms with E-state index in [-0.39, 0.29) is 12.0 Å². The molecule has 1 aromatic rings. The summed E-state index contributed by atoms with van der Waals surface area (Å²) in [6, 6.07) is 5.42. The third-order valence-electron chi connectivity index (χ3n) is 3.14. The second kappa shape index (κ2) is 7.09. The van der Waals surface area contributed by atoms with Crippen LogP contribution in [0.3, 0.4) is 0 Å². The van der Waals surface area contributed by atoms with E-state index in [9.17, 15) is 4.79 Å². The monoisotopic (exact) mass is 343 g/mol. The summed E-state index contributed by atoms with van der Waals surface area (Å²) in [6.45, 7) is 6.16.